The lowest BCUT2D eigenvalue weighted by atomic mass is 10.1. The summed E-state index contributed by atoms with van der Waals surface area (Å²) in [5, 5.41) is 24.0. The summed E-state index contributed by atoms with van der Waals surface area (Å²) in [6.07, 6.45) is 6.63. The maximum atomic E-state index is 10.4. The molecule has 0 atom stereocenters. The molecule has 1 heterocycles. The second kappa shape index (κ2) is 10.9. The van der Waals surface area contributed by atoms with Gasteiger partial charge in [-0.25, -0.2) is 0 Å². The van der Waals surface area contributed by atoms with Crippen molar-refractivity contribution in [3.05, 3.63) is 58.7 Å². The van der Waals surface area contributed by atoms with Gasteiger partial charge in [-0.2, -0.15) is 0 Å². The van der Waals surface area contributed by atoms with Crippen molar-refractivity contribution in [2.45, 2.75) is 0 Å². The molecule has 0 unspecified atom stereocenters. The molecule has 0 saturated carbocycles. The van der Waals surface area contributed by atoms with Crippen LogP contribution in [0.3, 0.4) is 0 Å². The number of fused-ring (bicyclic) bond motifs is 4. The van der Waals surface area contributed by atoms with Gasteiger partial charge in [0.2, 0.25) is 0 Å². The Hall–Kier alpha value is -3.32. The van der Waals surface area contributed by atoms with Crippen molar-refractivity contribution in [1.82, 2.24) is 5.32 Å². The number of aromatic hydroxyl groups is 2. The highest BCUT2D eigenvalue weighted by Gasteiger charge is 2.04. The van der Waals surface area contributed by atoms with E-state index in [4.69, 9.17) is 0 Å². The largest absolute Gasteiger partial charge is 0.507 e. The summed E-state index contributed by atoms with van der Waals surface area (Å²) >= 11 is 0. The number of hydrogen-bond donors (Lipinski definition) is 3. The molecule has 4 bridgehead atoms. The third-order valence-electron chi connectivity index (χ3n) is 4.31. The summed E-state index contributed by atoms with van der Waals surface area (Å²) in [5.41, 5.74) is 2.61. The van der Waals surface area contributed by atoms with Crippen LogP contribution in [0.2, 0.25) is 0 Å². The van der Waals surface area contributed by atoms with Crippen LogP contribution >= 0.6 is 0 Å². The van der Waals surface area contributed by atoms with Gasteiger partial charge in [0.15, 0.2) is 0 Å². The van der Waals surface area contributed by atoms with Crippen molar-refractivity contribution in [1.29, 1.82) is 0 Å². The minimum Gasteiger partial charge on any atom is -0.507 e. The van der Waals surface area contributed by atoms with Crippen LogP contribution in [0.5, 0.6) is 11.5 Å². The molecule has 0 radical (unpaired) electrons. The van der Waals surface area contributed by atoms with Crippen molar-refractivity contribution >= 4 is 24.9 Å². The highest BCUT2D eigenvalue weighted by atomic mass is 16.3. The van der Waals surface area contributed by atoms with Gasteiger partial charge < -0.3 is 15.5 Å². The quantitative estimate of drug-likeness (QED) is 0.641. The molecule has 0 fully saturated rings. The Morgan fingerprint density at radius 2 is 0.897 bits per heavy atom. The number of nitrogens with one attached hydrogen (secondary N) is 1. The Balaban J connectivity index is 1.77. The van der Waals surface area contributed by atoms with E-state index in [-0.39, 0.29) is 11.5 Å². The summed E-state index contributed by atoms with van der Waals surface area (Å²) in [4.78, 5) is 17.4. The van der Waals surface area contributed by atoms with Crippen molar-refractivity contribution in [3.63, 3.8) is 0 Å². The van der Waals surface area contributed by atoms with Gasteiger partial charge in [-0.05, 0) is 24.3 Å². The molecule has 2 aromatic rings. The van der Waals surface area contributed by atoms with E-state index in [2.05, 4.69) is 25.3 Å². The van der Waals surface area contributed by atoms with Gasteiger partial charge >= 0.3 is 0 Å². The van der Waals surface area contributed by atoms with E-state index >= 15 is 0 Å². The van der Waals surface area contributed by atoms with E-state index in [1.165, 1.54) is 0 Å². The predicted octanol–water partition coefficient (Wildman–Crippen LogP) is 2.08. The summed E-state index contributed by atoms with van der Waals surface area (Å²) < 4.78 is 0. The first-order valence-corrected chi connectivity index (χ1v) is 9.59. The normalized spacial score (nSPS) is 15.7. The number of nitrogens with zero attached hydrogens (tertiary/aromatic N) is 4. The molecule has 0 aliphatic carbocycles. The molecular weight excluding hydrogens is 366 g/mol. The number of para-hydroxylation sites is 2. The monoisotopic (exact) mass is 391 g/mol. The lowest BCUT2D eigenvalue weighted by molar-refractivity contribution is 0.473. The molecule has 0 saturated heterocycles. The van der Waals surface area contributed by atoms with Gasteiger partial charge in [0.1, 0.15) is 11.5 Å². The van der Waals surface area contributed by atoms with E-state index in [1.807, 2.05) is 24.3 Å². The smallest absolute Gasteiger partial charge is 0.133 e. The zero-order valence-electron chi connectivity index (χ0n) is 16.2. The molecule has 1 aliphatic heterocycles. The molecule has 1 aliphatic rings. The minimum absolute atomic E-state index is 0.165. The second-order valence-corrected chi connectivity index (χ2v) is 6.46. The van der Waals surface area contributed by atoms with E-state index in [0.717, 1.165) is 0 Å². The lowest BCUT2D eigenvalue weighted by Gasteiger charge is -2.03. The van der Waals surface area contributed by atoms with Crippen molar-refractivity contribution in [2.24, 2.45) is 20.0 Å². The van der Waals surface area contributed by atoms with Crippen molar-refractivity contribution in [2.75, 3.05) is 39.3 Å². The number of hydrogen-bond acceptors (Lipinski definition) is 7. The average Bonchev–Trinajstić information content (AvgIpc) is 2.72. The van der Waals surface area contributed by atoms with Gasteiger partial charge in [-0.15, -0.1) is 0 Å². The van der Waals surface area contributed by atoms with Gasteiger partial charge in [0.25, 0.3) is 0 Å². The third-order valence-corrected chi connectivity index (χ3v) is 4.31. The van der Waals surface area contributed by atoms with E-state index in [9.17, 15) is 10.2 Å². The molecular formula is C22H25N5O2. The first-order chi connectivity index (χ1) is 14.3. The van der Waals surface area contributed by atoms with E-state index < -0.39 is 0 Å². The molecule has 7 nitrogen and oxygen atoms in total. The maximum absolute atomic E-state index is 10.4. The Kier molecular flexibility index (Phi) is 7.65. The number of benzene rings is 2. The summed E-state index contributed by atoms with van der Waals surface area (Å²) in [5.74, 6) is 0.330. The summed E-state index contributed by atoms with van der Waals surface area (Å²) in [6.45, 7) is 3.57. The van der Waals surface area contributed by atoms with E-state index in [1.54, 1.807) is 37.0 Å². The fourth-order valence-corrected chi connectivity index (χ4v) is 2.76. The Morgan fingerprint density at radius 3 is 1.28 bits per heavy atom. The van der Waals surface area contributed by atoms with Gasteiger partial charge in [-0.3, -0.25) is 20.0 Å². The summed E-state index contributed by atoms with van der Waals surface area (Å²) in [7, 11) is 0. The lowest BCUT2D eigenvalue weighted by Crippen LogP contribution is -2.20. The number of rotatable bonds is 0. The van der Waals surface area contributed by atoms with Crippen LogP contribution in [0.25, 0.3) is 0 Å². The van der Waals surface area contributed by atoms with Crippen LogP contribution < -0.4 is 5.32 Å². The highest BCUT2D eigenvalue weighted by molar-refractivity contribution is 5.92. The van der Waals surface area contributed by atoms with Crippen LogP contribution in [-0.2, 0) is 0 Å². The fraction of sp³-hybridized carbons (Fsp3) is 0.273. The number of aliphatic imine (C=N–C) groups is 4. The standard InChI is InChI=1S/C22H25N5O2/c28-21-17-3-1-5-19(21)15-26-11-12-27-16-20-6-2-4-18(22(20)29)14-25-10-8-23-7-9-24-13-17/h1-6,13-16,23,28-29H,7-12H2. The first-order valence-electron chi connectivity index (χ1n) is 9.59. The molecule has 150 valence electrons. The highest BCUT2D eigenvalue weighted by Crippen LogP contribution is 2.20. The zero-order valence-corrected chi connectivity index (χ0v) is 16.2. The molecule has 3 N–H and O–H groups in total. The maximum Gasteiger partial charge on any atom is 0.133 e. The topological polar surface area (TPSA) is 102 Å². The Morgan fingerprint density at radius 1 is 0.552 bits per heavy atom. The van der Waals surface area contributed by atoms with Crippen LogP contribution in [0, 0.1) is 0 Å². The van der Waals surface area contributed by atoms with Crippen LogP contribution in [0.4, 0.5) is 0 Å². The Labute approximate surface area is 170 Å². The first kappa shape index (κ1) is 20.4. The van der Waals surface area contributed by atoms with Crippen LogP contribution in [0.1, 0.15) is 22.3 Å². The zero-order chi connectivity index (χ0) is 20.3. The van der Waals surface area contributed by atoms with Crippen molar-refractivity contribution in [3.8, 4) is 11.5 Å². The average molecular weight is 391 g/mol. The van der Waals surface area contributed by atoms with Gasteiger partial charge in [0.05, 0.1) is 26.2 Å². The molecule has 0 aromatic heterocycles. The van der Waals surface area contributed by atoms with Crippen LogP contribution in [0.15, 0.2) is 56.4 Å². The fourth-order valence-electron chi connectivity index (χ4n) is 2.76. The number of phenols is 2. The third kappa shape index (κ3) is 6.08. The van der Waals surface area contributed by atoms with Gasteiger partial charge in [0, 0.05) is 60.2 Å². The van der Waals surface area contributed by atoms with E-state index in [0.29, 0.717) is 61.5 Å². The SMILES string of the molecule is Oc1c2cccc1C=NCCNCCN=Cc1cccc(c1O)C=NCCN=C2. The van der Waals surface area contributed by atoms with Crippen molar-refractivity contribution < 1.29 is 10.2 Å². The molecule has 29 heavy (non-hydrogen) atoms. The predicted molar refractivity (Wildman–Crippen MR) is 119 cm³/mol. The molecule has 3 rings (SSSR count). The van der Waals surface area contributed by atoms with Gasteiger partial charge in [-0.1, -0.05) is 12.1 Å². The molecule has 2 aromatic carbocycles. The Bertz CT molecular complexity index is 859. The molecule has 0 amide bonds. The molecule has 7 heteroatoms. The minimum atomic E-state index is 0.165. The second-order valence-electron chi connectivity index (χ2n) is 6.46. The summed E-state index contributed by atoms with van der Waals surface area (Å²) in [6, 6.07) is 11.0. The van der Waals surface area contributed by atoms with Crippen LogP contribution in [-0.4, -0.2) is 74.3 Å². The number of phenolic OH excluding ortho intramolecular Hbond substituents is 2. The molecule has 0 spiro atoms.